The van der Waals surface area contributed by atoms with Crippen LogP contribution in [-0.2, 0) is 12.8 Å². The molecule has 0 bridgehead atoms. The van der Waals surface area contributed by atoms with Crippen LogP contribution in [0, 0.1) is 0 Å². The first kappa shape index (κ1) is 17.4. The van der Waals surface area contributed by atoms with Crippen molar-refractivity contribution in [3.05, 3.63) is 65.5 Å². The Morgan fingerprint density at radius 2 is 1.89 bits per heavy atom. The average Bonchev–Trinajstić information content (AvgIpc) is 3.20. The van der Waals surface area contributed by atoms with Gasteiger partial charge >= 0.3 is 0 Å². The fourth-order valence-electron chi connectivity index (χ4n) is 3.37. The van der Waals surface area contributed by atoms with Crippen LogP contribution in [0.15, 0.2) is 48.7 Å². The lowest BCUT2D eigenvalue weighted by atomic mass is 10.0. The quantitative estimate of drug-likeness (QED) is 0.588. The molecule has 1 aromatic heterocycles. The number of carbonyl (C=O) groups excluding carboxylic acids is 1. The van der Waals surface area contributed by atoms with Crippen molar-refractivity contribution in [2.45, 2.75) is 32.6 Å². The van der Waals surface area contributed by atoms with Crippen LogP contribution in [0.1, 0.15) is 41.4 Å². The number of benzene rings is 2. The summed E-state index contributed by atoms with van der Waals surface area (Å²) in [6.07, 6.45) is 6.80. The highest BCUT2D eigenvalue weighted by Gasteiger charge is 2.17. The summed E-state index contributed by atoms with van der Waals surface area (Å²) >= 11 is 0. The first-order valence-electron chi connectivity index (χ1n) is 9.46. The molecule has 0 N–H and O–H groups in total. The number of hydrogen-bond acceptors (Lipinski definition) is 4. The molecule has 27 heavy (non-hydrogen) atoms. The molecule has 0 aliphatic carbocycles. The van der Waals surface area contributed by atoms with Gasteiger partial charge in [0.1, 0.15) is 12.0 Å². The van der Waals surface area contributed by atoms with Crippen molar-refractivity contribution in [1.29, 1.82) is 0 Å². The summed E-state index contributed by atoms with van der Waals surface area (Å²) in [7, 11) is 0. The van der Waals surface area contributed by atoms with Gasteiger partial charge in [-0.25, -0.2) is 4.98 Å². The smallest absolute Gasteiger partial charge is 0.150 e. The van der Waals surface area contributed by atoms with Gasteiger partial charge in [-0.05, 0) is 36.6 Å². The van der Waals surface area contributed by atoms with Crippen LogP contribution in [0.5, 0.6) is 5.75 Å². The molecule has 0 saturated carbocycles. The maximum atomic E-state index is 11.0. The van der Waals surface area contributed by atoms with E-state index >= 15 is 0 Å². The molecule has 0 unspecified atom stereocenters. The van der Waals surface area contributed by atoms with Gasteiger partial charge in [-0.15, -0.1) is 0 Å². The topological polar surface area (TPSA) is 52.1 Å². The third-order valence-electron chi connectivity index (χ3n) is 4.89. The molecule has 0 saturated heterocycles. The van der Waals surface area contributed by atoms with Crippen LogP contribution < -0.4 is 4.74 Å². The van der Waals surface area contributed by atoms with Gasteiger partial charge in [0.15, 0.2) is 0 Å². The zero-order valence-corrected chi connectivity index (χ0v) is 15.4. The van der Waals surface area contributed by atoms with E-state index in [0.29, 0.717) is 5.56 Å². The number of aryl methyl sites for hydroxylation is 1. The van der Waals surface area contributed by atoms with Crippen LogP contribution in [-0.4, -0.2) is 22.9 Å². The van der Waals surface area contributed by atoms with Crippen molar-refractivity contribution in [2.24, 2.45) is 0 Å². The summed E-state index contributed by atoms with van der Waals surface area (Å²) in [5.41, 5.74) is 6.61. The third kappa shape index (κ3) is 3.61. The van der Waals surface area contributed by atoms with E-state index in [1.807, 2.05) is 42.6 Å². The molecule has 0 atom stereocenters. The number of rotatable bonds is 6. The fraction of sp³-hybridized carbons (Fsp3) is 0.261. The predicted molar refractivity (Wildman–Crippen MR) is 106 cm³/mol. The first-order chi connectivity index (χ1) is 13.3. The van der Waals surface area contributed by atoms with Gasteiger partial charge in [0.05, 0.1) is 23.7 Å². The molecule has 0 amide bonds. The maximum absolute atomic E-state index is 11.0. The Labute approximate surface area is 159 Å². The monoisotopic (exact) mass is 358 g/mol. The molecule has 0 spiro atoms. The second-order valence-corrected chi connectivity index (χ2v) is 6.82. The van der Waals surface area contributed by atoms with Crippen LogP contribution in [0.25, 0.3) is 22.5 Å². The molecule has 2 heterocycles. The normalized spacial score (nSPS) is 12.5. The summed E-state index contributed by atoms with van der Waals surface area (Å²) in [5.74, 6) is 0.961. The molecule has 1 aliphatic rings. The number of carbonyl (C=O) groups is 1. The first-order valence-corrected chi connectivity index (χ1v) is 9.46. The summed E-state index contributed by atoms with van der Waals surface area (Å²) in [6.45, 7) is 2.91. The fourth-order valence-corrected chi connectivity index (χ4v) is 3.37. The van der Waals surface area contributed by atoms with E-state index in [4.69, 9.17) is 14.7 Å². The van der Waals surface area contributed by atoms with E-state index < -0.39 is 0 Å². The summed E-state index contributed by atoms with van der Waals surface area (Å²) in [5, 5.41) is 0. The molecule has 0 radical (unpaired) electrons. The lowest BCUT2D eigenvalue weighted by Gasteiger charge is -2.12. The lowest BCUT2D eigenvalue weighted by Crippen LogP contribution is -1.99. The van der Waals surface area contributed by atoms with Crippen molar-refractivity contribution < 1.29 is 9.53 Å². The highest BCUT2D eigenvalue weighted by atomic mass is 16.5. The summed E-state index contributed by atoms with van der Waals surface area (Å²) < 4.78 is 5.62. The molecule has 3 aromatic rings. The molecular weight excluding hydrogens is 336 g/mol. The van der Waals surface area contributed by atoms with E-state index in [1.54, 1.807) is 0 Å². The Hall–Kier alpha value is -3.01. The van der Waals surface area contributed by atoms with Crippen LogP contribution in [0.4, 0.5) is 0 Å². The Bertz CT molecular complexity index is 965. The molecule has 0 fully saturated rings. The average molecular weight is 358 g/mol. The van der Waals surface area contributed by atoms with E-state index in [9.17, 15) is 4.79 Å². The Balaban J connectivity index is 1.80. The SMILES string of the molecule is CCCCc1cnc(-c2ccc3c(c2)CCO3)c(-c2ccc(C=O)cc2)n1. The molecule has 4 nitrogen and oxygen atoms in total. The predicted octanol–water partition coefficient (Wildman–Crippen LogP) is 4.90. The minimum atomic E-state index is 0.657. The number of nitrogens with zero attached hydrogens (tertiary/aromatic N) is 2. The van der Waals surface area contributed by atoms with Crippen LogP contribution in [0.2, 0.25) is 0 Å². The second-order valence-electron chi connectivity index (χ2n) is 6.82. The van der Waals surface area contributed by atoms with E-state index in [2.05, 4.69) is 13.0 Å². The van der Waals surface area contributed by atoms with Crippen LogP contribution in [0.3, 0.4) is 0 Å². The Kier molecular flexibility index (Phi) is 4.97. The molecule has 4 heteroatoms. The summed E-state index contributed by atoms with van der Waals surface area (Å²) in [4.78, 5) is 20.7. The highest BCUT2D eigenvalue weighted by Crippen LogP contribution is 2.34. The van der Waals surface area contributed by atoms with E-state index in [-0.39, 0.29) is 0 Å². The van der Waals surface area contributed by atoms with Crippen molar-refractivity contribution >= 4 is 6.29 Å². The minimum absolute atomic E-state index is 0.657. The molecule has 1 aliphatic heterocycles. The largest absolute Gasteiger partial charge is 0.493 e. The van der Waals surface area contributed by atoms with Gasteiger partial charge < -0.3 is 4.74 Å². The number of aromatic nitrogens is 2. The maximum Gasteiger partial charge on any atom is 0.150 e. The highest BCUT2D eigenvalue weighted by molar-refractivity contribution is 5.81. The van der Waals surface area contributed by atoms with Crippen molar-refractivity contribution in [3.8, 4) is 28.3 Å². The number of unbranched alkanes of at least 4 members (excludes halogenated alkanes) is 1. The Morgan fingerprint density at radius 3 is 2.67 bits per heavy atom. The van der Waals surface area contributed by atoms with Gasteiger partial charge in [0, 0.05) is 29.3 Å². The molecule has 2 aromatic carbocycles. The standard InChI is InChI=1S/C23H22N2O2/c1-2-3-4-20-14-24-22(19-9-10-21-18(13-19)11-12-27-21)23(25-20)17-7-5-16(15-26)6-8-17/h5-10,13-15H,2-4,11-12H2,1H3. The van der Waals surface area contributed by atoms with Crippen molar-refractivity contribution in [1.82, 2.24) is 9.97 Å². The molecule has 4 rings (SSSR count). The van der Waals surface area contributed by atoms with Gasteiger partial charge in [-0.2, -0.15) is 0 Å². The second kappa shape index (κ2) is 7.70. The van der Waals surface area contributed by atoms with E-state index in [0.717, 1.165) is 72.5 Å². The minimum Gasteiger partial charge on any atom is -0.493 e. The van der Waals surface area contributed by atoms with E-state index in [1.165, 1.54) is 5.56 Å². The summed E-state index contributed by atoms with van der Waals surface area (Å²) in [6, 6.07) is 13.7. The third-order valence-corrected chi connectivity index (χ3v) is 4.89. The van der Waals surface area contributed by atoms with Gasteiger partial charge in [-0.3, -0.25) is 9.78 Å². The van der Waals surface area contributed by atoms with Crippen molar-refractivity contribution in [2.75, 3.05) is 6.61 Å². The van der Waals surface area contributed by atoms with Gasteiger partial charge in [0.2, 0.25) is 0 Å². The van der Waals surface area contributed by atoms with Crippen molar-refractivity contribution in [3.63, 3.8) is 0 Å². The number of aldehydes is 1. The van der Waals surface area contributed by atoms with Crippen LogP contribution >= 0.6 is 0 Å². The van der Waals surface area contributed by atoms with Gasteiger partial charge in [0.25, 0.3) is 0 Å². The molecular formula is C23H22N2O2. The number of hydrogen-bond donors (Lipinski definition) is 0. The number of ether oxygens (including phenoxy) is 1. The number of fused-ring (bicyclic) bond motifs is 1. The Morgan fingerprint density at radius 1 is 1.07 bits per heavy atom. The zero-order valence-electron chi connectivity index (χ0n) is 15.4. The molecule has 136 valence electrons. The van der Waals surface area contributed by atoms with Gasteiger partial charge in [-0.1, -0.05) is 37.6 Å². The zero-order chi connectivity index (χ0) is 18.6. The lowest BCUT2D eigenvalue weighted by molar-refractivity contribution is 0.112.